The molecule has 0 bridgehead atoms. The zero-order valence-electron chi connectivity index (χ0n) is 13.3. The molecule has 22 heavy (non-hydrogen) atoms. The fourth-order valence-electron chi connectivity index (χ4n) is 2.91. The van der Waals surface area contributed by atoms with Gasteiger partial charge in [0.1, 0.15) is 0 Å². The van der Waals surface area contributed by atoms with Gasteiger partial charge >= 0.3 is 5.69 Å². The van der Waals surface area contributed by atoms with Crippen LogP contribution in [0, 0.1) is 13.8 Å². The maximum atomic E-state index is 12.5. The third-order valence-corrected chi connectivity index (χ3v) is 4.33. The Balaban J connectivity index is 2.53. The molecule has 0 unspecified atom stereocenters. The maximum absolute atomic E-state index is 12.5. The van der Waals surface area contributed by atoms with Crippen molar-refractivity contribution in [2.45, 2.75) is 26.8 Å². The smallest absolute Gasteiger partial charge is 0.330 e. The van der Waals surface area contributed by atoms with Gasteiger partial charge in [0.25, 0.3) is 5.56 Å². The molecular formula is C14H20N6O2. The summed E-state index contributed by atoms with van der Waals surface area (Å²) in [6, 6.07) is 0. The van der Waals surface area contributed by atoms with Crippen molar-refractivity contribution in [3.8, 4) is 0 Å². The zero-order valence-corrected chi connectivity index (χ0v) is 13.3. The SMILES string of the molecule is Cc1c(C)n2c3c(=O)n(C)c(=O)n(C)c3nc2n1CCCN. The van der Waals surface area contributed by atoms with Crippen LogP contribution in [0.4, 0.5) is 0 Å². The van der Waals surface area contributed by atoms with Gasteiger partial charge in [-0.05, 0) is 26.8 Å². The topological polar surface area (TPSA) is 92.2 Å². The molecule has 8 nitrogen and oxygen atoms in total. The van der Waals surface area contributed by atoms with E-state index in [1.54, 1.807) is 7.05 Å². The Morgan fingerprint density at radius 2 is 1.77 bits per heavy atom. The molecule has 0 saturated carbocycles. The van der Waals surface area contributed by atoms with Gasteiger partial charge in [-0.2, -0.15) is 4.98 Å². The Morgan fingerprint density at radius 3 is 2.41 bits per heavy atom. The molecule has 2 N–H and O–H groups in total. The minimum atomic E-state index is -0.374. The lowest BCUT2D eigenvalue weighted by molar-refractivity contribution is 0.649. The molecule has 3 heterocycles. The third-order valence-electron chi connectivity index (χ3n) is 4.33. The van der Waals surface area contributed by atoms with Gasteiger partial charge in [0, 0.05) is 32.0 Å². The van der Waals surface area contributed by atoms with Gasteiger partial charge in [0.2, 0.25) is 5.78 Å². The van der Waals surface area contributed by atoms with E-state index in [0.717, 1.165) is 28.9 Å². The number of nitrogens with two attached hydrogens (primary N) is 1. The van der Waals surface area contributed by atoms with Crippen molar-refractivity contribution in [1.29, 1.82) is 0 Å². The summed E-state index contributed by atoms with van der Waals surface area (Å²) in [5, 5.41) is 0. The number of aromatic nitrogens is 5. The second-order valence-corrected chi connectivity index (χ2v) is 5.59. The predicted octanol–water partition coefficient (Wildman–Crippen LogP) is -0.348. The Kier molecular flexibility index (Phi) is 3.21. The Hall–Kier alpha value is -2.35. The molecule has 3 aromatic rings. The first-order valence-corrected chi connectivity index (χ1v) is 7.24. The van der Waals surface area contributed by atoms with E-state index in [1.165, 1.54) is 11.6 Å². The molecule has 0 fully saturated rings. The highest BCUT2D eigenvalue weighted by molar-refractivity contribution is 5.76. The number of rotatable bonds is 3. The summed E-state index contributed by atoms with van der Waals surface area (Å²) in [7, 11) is 3.11. The number of aryl methyl sites for hydroxylation is 3. The normalized spacial score (nSPS) is 11.9. The largest absolute Gasteiger partial charge is 0.332 e. The zero-order chi connectivity index (χ0) is 16.2. The van der Waals surface area contributed by atoms with E-state index in [4.69, 9.17) is 5.73 Å². The number of fused-ring (bicyclic) bond motifs is 3. The molecule has 3 aromatic heterocycles. The fraction of sp³-hybridized carbons (Fsp3) is 0.500. The summed E-state index contributed by atoms with van der Waals surface area (Å²) in [6.45, 7) is 5.27. The summed E-state index contributed by atoms with van der Waals surface area (Å²) in [6.07, 6.45) is 0.824. The summed E-state index contributed by atoms with van der Waals surface area (Å²) in [4.78, 5) is 29.1. The van der Waals surface area contributed by atoms with Gasteiger partial charge < -0.3 is 10.3 Å². The third kappa shape index (κ3) is 1.70. The van der Waals surface area contributed by atoms with Crippen LogP contribution in [0.25, 0.3) is 16.9 Å². The summed E-state index contributed by atoms with van der Waals surface area (Å²) < 4.78 is 6.41. The first kappa shape index (κ1) is 14.6. The highest BCUT2D eigenvalue weighted by Gasteiger charge is 2.21. The number of nitrogens with zero attached hydrogens (tertiary/aromatic N) is 5. The molecule has 0 amide bonds. The summed E-state index contributed by atoms with van der Waals surface area (Å²) >= 11 is 0. The first-order valence-electron chi connectivity index (χ1n) is 7.24. The van der Waals surface area contributed by atoms with E-state index >= 15 is 0 Å². The van der Waals surface area contributed by atoms with Crippen LogP contribution in [-0.4, -0.2) is 29.6 Å². The molecule has 0 radical (unpaired) electrons. The standard InChI is InChI=1S/C14H20N6O2/c1-8-9(2)20-10-11(16-13(20)19(8)7-5-6-15)17(3)14(22)18(4)12(10)21/h5-7,15H2,1-4H3. The van der Waals surface area contributed by atoms with E-state index in [9.17, 15) is 9.59 Å². The van der Waals surface area contributed by atoms with Crippen molar-refractivity contribution in [1.82, 2.24) is 23.1 Å². The molecule has 118 valence electrons. The minimum Gasteiger partial charge on any atom is -0.330 e. The molecule has 0 atom stereocenters. The van der Waals surface area contributed by atoms with Crippen LogP contribution < -0.4 is 17.0 Å². The second kappa shape index (κ2) is 4.84. The quantitative estimate of drug-likeness (QED) is 0.716. The van der Waals surface area contributed by atoms with E-state index in [2.05, 4.69) is 4.98 Å². The van der Waals surface area contributed by atoms with Crippen LogP contribution in [0.2, 0.25) is 0 Å². The maximum Gasteiger partial charge on any atom is 0.332 e. The van der Waals surface area contributed by atoms with Crippen molar-refractivity contribution < 1.29 is 0 Å². The molecule has 0 spiro atoms. The van der Waals surface area contributed by atoms with Crippen LogP contribution in [-0.2, 0) is 20.6 Å². The molecule has 0 saturated heterocycles. The number of imidazole rings is 2. The van der Waals surface area contributed by atoms with Crippen LogP contribution in [0.1, 0.15) is 17.8 Å². The van der Waals surface area contributed by atoms with E-state index in [0.29, 0.717) is 23.5 Å². The number of hydrogen-bond acceptors (Lipinski definition) is 4. The average Bonchev–Trinajstić information content (AvgIpc) is 2.99. The van der Waals surface area contributed by atoms with Gasteiger partial charge in [-0.1, -0.05) is 0 Å². The molecule has 3 rings (SSSR count). The van der Waals surface area contributed by atoms with Crippen molar-refractivity contribution >= 4 is 16.9 Å². The van der Waals surface area contributed by atoms with Gasteiger partial charge in [-0.3, -0.25) is 18.3 Å². The van der Waals surface area contributed by atoms with E-state index in [1.807, 2.05) is 22.8 Å². The van der Waals surface area contributed by atoms with Gasteiger partial charge in [0.15, 0.2) is 11.2 Å². The first-order chi connectivity index (χ1) is 10.4. The Morgan fingerprint density at radius 1 is 1.09 bits per heavy atom. The lowest BCUT2D eigenvalue weighted by atomic mass is 10.3. The van der Waals surface area contributed by atoms with Crippen LogP contribution in [0.3, 0.4) is 0 Å². The monoisotopic (exact) mass is 304 g/mol. The van der Waals surface area contributed by atoms with Crippen molar-refractivity contribution in [3.05, 3.63) is 32.2 Å². The Labute approximate surface area is 126 Å². The summed E-state index contributed by atoms with van der Waals surface area (Å²) in [5.74, 6) is 0.678. The molecule has 0 aromatic carbocycles. The van der Waals surface area contributed by atoms with Crippen LogP contribution in [0.15, 0.2) is 9.59 Å². The fourth-order valence-corrected chi connectivity index (χ4v) is 2.91. The van der Waals surface area contributed by atoms with E-state index in [-0.39, 0.29) is 11.2 Å². The second-order valence-electron chi connectivity index (χ2n) is 5.59. The average molecular weight is 304 g/mol. The molecule has 0 aliphatic heterocycles. The van der Waals surface area contributed by atoms with Crippen LogP contribution in [0.5, 0.6) is 0 Å². The van der Waals surface area contributed by atoms with Crippen molar-refractivity contribution in [2.24, 2.45) is 19.8 Å². The van der Waals surface area contributed by atoms with Crippen LogP contribution >= 0.6 is 0 Å². The molecule has 8 heteroatoms. The van der Waals surface area contributed by atoms with E-state index < -0.39 is 0 Å². The van der Waals surface area contributed by atoms with Crippen molar-refractivity contribution in [3.63, 3.8) is 0 Å². The Bertz CT molecular complexity index is 1000. The molecule has 0 aliphatic carbocycles. The highest BCUT2D eigenvalue weighted by Crippen LogP contribution is 2.20. The predicted molar refractivity (Wildman–Crippen MR) is 84.3 cm³/mol. The summed E-state index contributed by atoms with van der Waals surface area (Å²) in [5.41, 5.74) is 7.74. The number of hydrogen-bond donors (Lipinski definition) is 1. The van der Waals surface area contributed by atoms with Gasteiger partial charge in [0.05, 0.1) is 0 Å². The lowest BCUT2D eigenvalue weighted by Crippen LogP contribution is -2.37. The molecule has 0 aliphatic rings. The molecular weight excluding hydrogens is 284 g/mol. The van der Waals surface area contributed by atoms with Gasteiger partial charge in [-0.25, -0.2) is 4.79 Å². The minimum absolute atomic E-state index is 0.329. The van der Waals surface area contributed by atoms with Gasteiger partial charge in [-0.15, -0.1) is 0 Å². The van der Waals surface area contributed by atoms with Crippen molar-refractivity contribution in [2.75, 3.05) is 6.54 Å². The highest BCUT2D eigenvalue weighted by atomic mass is 16.2. The lowest BCUT2D eigenvalue weighted by Gasteiger charge is -2.05.